The molecule has 4 rings (SSSR count). The largest absolute Gasteiger partial charge is 0.586 e. The van der Waals surface area contributed by atoms with Crippen molar-refractivity contribution in [3.05, 3.63) is 54.1 Å². The van der Waals surface area contributed by atoms with Crippen LogP contribution in [0.4, 0.5) is 14.5 Å². The molecule has 1 atom stereocenters. The highest BCUT2D eigenvalue weighted by Crippen LogP contribution is 2.42. The third-order valence-corrected chi connectivity index (χ3v) is 4.03. The van der Waals surface area contributed by atoms with Crippen molar-refractivity contribution >= 4 is 11.6 Å². The van der Waals surface area contributed by atoms with Crippen molar-refractivity contribution in [1.29, 1.82) is 0 Å². The summed E-state index contributed by atoms with van der Waals surface area (Å²) in [5.41, 5.74) is 1.27. The molecule has 0 unspecified atom stereocenters. The summed E-state index contributed by atoms with van der Waals surface area (Å²) in [4.78, 5) is 12.6. The smallest absolute Gasteiger partial charge is 0.395 e. The predicted molar refractivity (Wildman–Crippen MR) is 86.6 cm³/mol. The molecule has 0 saturated heterocycles. The number of hydrogen-bond donors (Lipinski definition) is 2. The van der Waals surface area contributed by atoms with Crippen molar-refractivity contribution in [2.45, 2.75) is 31.2 Å². The van der Waals surface area contributed by atoms with Gasteiger partial charge in [-0.25, -0.2) is 0 Å². The van der Waals surface area contributed by atoms with Crippen LogP contribution in [0.25, 0.3) is 0 Å². The molecule has 0 bridgehead atoms. The Kier molecular flexibility index (Phi) is 3.71. The topological polar surface area (TPSA) is 59.6 Å². The van der Waals surface area contributed by atoms with Gasteiger partial charge in [0.15, 0.2) is 11.5 Å². The monoisotopic (exact) mass is 346 g/mol. The zero-order valence-electron chi connectivity index (χ0n) is 13.2. The van der Waals surface area contributed by atoms with E-state index in [0.29, 0.717) is 5.69 Å². The zero-order chi connectivity index (χ0) is 17.4. The van der Waals surface area contributed by atoms with E-state index in [1.165, 1.54) is 12.1 Å². The van der Waals surface area contributed by atoms with Crippen molar-refractivity contribution in [2.75, 3.05) is 5.32 Å². The molecule has 1 aliphatic heterocycles. The summed E-state index contributed by atoms with van der Waals surface area (Å²) in [6.07, 6.45) is -1.71. The molecule has 2 N–H and O–H groups in total. The minimum atomic E-state index is -3.66. The van der Waals surface area contributed by atoms with Crippen LogP contribution in [-0.4, -0.2) is 18.2 Å². The van der Waals surface area contributed by atoms with Gasteiger partial charge in [0.2, 0.25) is 5.91 Å². The van der Waals surface area contributed by atoms with E-state index < -0.39 is 12.3 Å². The van der Waals surface area contributed by atoms with E-state index in [1.807, 2.05) is 30.3 Å². The fourth-order valence-electron chi connectivity index (χ4n) is 2.66. The fraction of sp³-hybridized carbons (Fsp3) is 0.278. The van der Waals surface area contributed by atoms with E-state index in [1.54, 1.807) is 6.07 Å². The van der Waals surface area contributed by atoms with Gasteiger partial charge in [0, 0.05) is 17.8 Å². The highest BCUT2D eigenvalue weighted by Gasteiger charge is 2.43. The number of alkyl halides is 2. The van der Waals surface area contributed by atoms with Crippen LogP contribution in [-0.2, 0) is 4.79 Å². The van der Waals surface area contributed by atoms with Crippen LogP contribution in [0, 0.1) is 0 Å². The van der Waals surface area contributed by atoms with Gasteiger partial charge in [-0.05, 0) is 30.5 Å². The Hall–Kier alpha value is -2.83. The van der Waals surface area contributed by atoms with Crippen molar-refractivity contribution in [3.8, 4) is 11.5 Å². The average Bonchev–Trinajstić information content (AvgIpc) is 3.33. The lowest BCUT2D eigenvalue weighted by molar-refractivity contribution is -0.286. The third-order valence-electron chi connectivity index (χ3n) is 4.03. The molecular formula is C18H16F2N2O3. The number of ether oxygens (including phenoxy) is 2. The first-order valence-electron chi connectivity index (χ1n) is 8.02. The van der Waals surface area contributed by atoms with Gasteiger partial charge in [0.1, 0.15) is 6.04 Å². The summed E-state index contributed by atoms with van der Waals surface area (Å²) >= 11 is 0. The lowest BCUT2D eigenvalue weighted by Crippen LogP contribution is -2.34. The maximum Gasteiger partial charge on any atom is 0.586 e. The molecule has 130 valence electrons. The van der Waals surface area contributed by atoms with Crippen molar-refractivity contribution in [1.82, 2.24) is 5.32 Å². The van der Waals surface area contributed by atoms with E-state index in [4.69, 9.17) is 0 Å². The SMILES string of the molecule is O=C(NC1CC1)[C@H](Nc1ccc2c(c1)OC(F)(F)O2)c1ccccc1. The molecule has 1 amide bonds. The van der Waals surface area contributed by atoms with Crippen LogP contribution in [0.15, 0.2) is 48.5 Å². The van der Waals surface area contributed by atoms with Crippen molar-refractivity contribution < 1.29 is 23.0 Å². The maximum absolute atomic E-state index is 13.1. The van der Waals surface area contributed by atoms with Gasteiger partial charge in [-0.2, -0.15) is 0 Å². The molecule has 1 heterocycles. The zero-order valence-corrected chi connectivity index (χ0v) is 13.2. The molecule has 2 aromatic carbocycles. The van der Waals surface area contributed by atoms with Gasteiger partial charge in [-0.15, -0.1) is 8.78 Å². The van der Waals surface area contributed by atoms with Crippen molar-refractivity contribution in [2.24, 2.45) is 0 Å². The summed E-state index contributed by atoms with van der Waals surface area (Å²) in [5, 5.41) is 6.05. The Morgan fingerprint density at radius 2 is 1.80 bits per heavy atom. The van der Waals surface area contributed by atoms with E-state index in [0.717, 1.165) is 18.4 Å². The molecule has 1 fully saturated rings. The van der Waals surface area contributed by atoms with Gasteiger partial charge in [-0.1, -0.05) is 30.3 Å². The lowest BCUT2D eigenvalue weighted by Gasteiger charge is -2.20. The molecule has 2 aromatic rings. The van der Waals surface area contributed by atoms with Gasteiger partial charge >= 0.3 is 6.29 Å². The molecule has 25 heavy (non-hydrogen) atoms. The number of nitrogens with one attached hydrogen (secondary N) is 2. The average molecular weight is 346 g/mol. The Bertz CT molecular complexity index is 794. The molecule has 5 nitrogen and oxygen atoms in total. The summed E-state index contributed by atoms with van der Waals surface area (Å²) in [6.45, 7) is 0. The van der Waals surface area contributed by atoms with Crippen LogP contribution in [0.5, 0.6) is 11.5 Å². The molecule has 1 aliphatic carbocycles. The fourth-order valence-corrected chi connectivity index (χ4v) is 2.66. The van der Waals surface area contributed by atoms with Crippen LogP contribution in [0.3, 0.4) is 0 Å². The van der Waals surface area contributed by atoms with Crippen LogP contribution in [0.2, 0.25) is 0 Å². The first kappa shape index (κ1) is 15.7. The Balaban J connectivity index is 1.57. The minimum absolute atomic E-state index is 0.0331. The van der Waals surface area contributed by atoms with Crippen molar-refractivity contribution in [3.63, 3.8) is 0 Å². The summed E-state index contributed by atoms with van der Waals surface area (Å²) in [7, 11) is 0. The van der Waals surface area contributed by atoms with Crippen LogP contribution in [0.1, 0.15) is 24.4 Å². The Morgan fingerprint density at radius 1 is 1.08 bits per heavy atom. The number of carbonyl (C=O) groups is 1. The van der Waals surface area contributed by atoms with Gasteiger partial charge in [0.25, 0.3) is 0 Å². The Morgan fingerprint density at radius 3 is 2.52 bits per heavy atom. The predicted octanol–water partition coefficient (Wildman–Crippen LogP) is 3.44. The molecule has 0 spiro atoms. The van der Waals surface area contributed by atoms with E-state index >= 15 is 0 Å². The second kappa shape index (κ2) is 5.91. The number of benzene rings is 2. The van der Waals surface area contributed by atoms with E-state index in [-0.39, 0.29) is 23.4 Å². The van der Waals surface area contributed by atoms with E-state index in [2.05, 4.69) is 20.1 Å². The minimum Gasteiger partial charge on any atom is -0.395 e. The molecule has 0 aromatic heterocycles. The molecular weight excluding hydrogens is 330 g/mol. The van der Waals surface area contributed by atoms with Crippen LogP contribution < -0.4 is 20.1 Å². The maximum atomic E-state index is 13.1. The second-order valence-corrected chi connectivity index (χ2v) is 6.10. The number of carbonyl (C=O) groups excluding carboxylic acids is 1. The summed E-state index contributed by atoms with van der Waals surface area (Å²) in [5.74, 6) is -0.254. The molecule has 2 aliphatic rings. The number of fused-ring (bicyclic) bond motifs is 1. The lowest BCUT2D eigenvalue weighted by atomic mass is 10.1. The number of amides is 1. The normalized spacial score (nSPS) is 18.5. The number of hydrogen-bond acceptors (Lipinski definition) is 4. The molecule has 7 heteroatoms. The van der Waals surface area contributed by atoms with Gasteiger partial charge in [-0.3, -0.25) is 4.79 Å². The van der Waals surface area contributed by atoms with Gasteiger partial charge < -0.3 is 20.1 Å². The number of anilines is 1. The standard InChI is InChI=1S/C18H16F2N2O3/c19-18(20)24-14-9-8-13(10-15(14)25-18)21-16(11-4-2-1-3-5-11)17(23)22-12-6-7-12/h1-5,8-10,12,16,21H,6-7H2,(H,22,23)/t16-/m1/s1. The van der Waals surface area contributed by atoms with Gasteiger partial charge in [0.05, 0.1) is 0 Å². The number of rotatable bonds is 5. The van der Waals surface area contributed by atoms with Crippen LogP contribution >= 0.6 is 0 Å². The Labute approximate surface area is 142 Å². The highest BCUT2D eigenvalue weighted by atomic mass is 19.3. The molecule has 1 saturated carbocycles. The van der Waals surface area contributed by atoms with E-state index in [9.17, 15) is 13.6 Å². The quantitative estimate of drug-likeness (QED) is 0.871. The first-order chi connectivity index (χ1) is 12.0. The number of halogens is 2. The second-order valence-electron chi connectivity index (χ2n) is 6.10. The first-order valence-corrected chi connectivity index (χ1v) is 8.02. The summed E-state index contributed by atoms with van der Waals surface area (Å²) in [6, 6.07) is 13.2. The molecule has 0 radical (unpaired) electrons. The third kappa shape index (κ3) is 3.50. The summed E-state index contributed by atoms with van der Waals surface area (Å²) < 4.78 is 35.1. The highest BCUT2D eigenvalue weighted by molar-refractivity contribution is 5.86.